The highest BCUT2D eigenvalue weighted by molar-refractivity contribution is 7.22. The van der Waals surface area contributed by atoms with E-state index in [2.05, 4.69) is 4.98 Å². The predicted molar refractivity (Wildman–Crippen MR) is 135 cm³/mol. The van der Waals surface area contributed by atoms with E-state index in [1.165, 1.54) is 16.2 Å². The van der Waals surface area contributed by atoms with Crippen LogP contribution in [0.25, 0.3) is 16.0 Å². The third kappa shape index (κ3) is 4.02. The Morgan fingerprint density at radius 1 is 1.03 bits per heavy atom. The van der Waals surface area contributed by atoms with Gasteiger partial charge in [-0.25, -0.2) is 4.98 Å². The maximum Gasteiger partial charge on any atom is 0.301 e. The molecule has 7 nitrogen and oxygen atoms in total. The summed E-state index contributed by atoms with van der Waals surface area (Å²) in [6, 6.07) is 20.5. The molecule has 0 spiro atoms. The summed E-state index contributed by atoms with van der Waals surface area (Å²) in [5, 5.41) is 11.6. The second-order valence-corrected chi connectivity index (χ2v) is 8.88. The largest absolute Gasteiger partial charge is 0.507 e. The van der Waals surface area contributed by atoms with E-state index in [1.807, 2.05) is 49.4 Å². The molecule has 0 aliphatic carbocycles. The van der Waals surface area contributed by atoms with Gasteiger partial charge in [0.05, 0.1) is 35.5 Å². The summed E-state index contributed by atoms with van der Waals surface area (Å²) in [6.07, 6.45) is 0. The molecule has 5 rings (SSSR count). The van der Waals surface area contributed by atoms with Crippen molar-refractivity contribution < 1.29 is 24.2 Å². The molecule has 1 aliphatic rings. The highest BCUT2D eigenvalue weighted by Crippen LogP contribution is 2.44. The molecule has 0 unspecified atom stereocenters. The topological polar surface area (TPSA) is 89.0 Å². The van der Waals surface area contributed by atoms with Crippen LogP contribution in [0.15, 0.2) is 78.4 Å². The number of methoxy groups -OCH3 is 1. The zero-order valence-electron chi connectivity index (χ0n) is 19.1. The van der Waals surface area contributed by atoms with Crippen LogP contribution in [-0.4, -0.2) is 35.5 Å². The Morgan fingerprint density at radius 2 is 1.74 bits per heavy atom. The van der Waals surface area contributed by atoms with Crippen molar-refractivity contribution in [2.24, 2.45) is 0 Å². The summed E-state index contributed by atoms with van der Waals surface area (Å²) in [7, 11) is 1.58. The van der Waals surface area contributed by atoms with Crippen molar-refractivity contribution in [3.05, 3.63) is 89.5 Å². The van der Waals surface area contributed by atoms with Gasteiger partial charge in [-0.3, -0.25) is 14.5 Å². The first kappa shape index (κ1) is 22.6. The Hall–Kier alpha value is -4.17. The van der Waals surface area contributed by atoms with Crippen molar-refractivity contribution in [1.29, 1.82) is 0 Å². The van der Waals surface area contributed by atoms with Crippen LogP contribution < -0.4 is 14.4 Å². The van der Waals surface area contributed by atoms with Crippen LogP contribution in [0.2, 0.25) is 0 Å². The molecule has 0 saturated carbocycles. The van der Waals surface area contributed by atoms with Gasteiger partial charge in [-0.05, 0) is 55.0 Å². The zero-order chi connectivity index (χ0) is 24.5. The number of anilines is 1. The summed E-state index contributed by atoms with van der Waals surface area (Å²) >= 11 is 1.29. The standard InChI is InChI=1S/C27H22N2O5S/c1-3-34-18-11-9-17(10-12-18)24(30)22-23(16-7-5-4-6-8-16)29(26(32)25(22)31)27-28-20-14-13-19(33-2)15-21(20)35-27/h4-15,23,30H,3H2,1-2H3/b24-22+/t23-/m1/s1. The summed E-state index contributed by atoms with van der Waals surface area (Å²) in [4.78, 5) is 32.6. The van der Waals surface area contributed by atoms with Crippen LogP contribution in [0.4, 0.5) is 5.13 Å². The van der Waals surface area contributed by atoms with E-state index in [0.717, 1.165) is 4.70 Å². The molecule has 1 aliphatic heterocycles. The summed E-state index contributed by atoms with van der Waals surface area (Å²) in [5.74, 6) is -0.427. The number of fused-ring (bicyclic) bond motifs is 1. The number of Topliss-reactive ketones (excluding diaryl/α,β-unsaturated/α-hetero) is 1. The molecule has 1 saturated heterocycles. The average molecular weight is 487 g/mol. The van der Waals surface area contributed by atoms with Crippen LogP contribution >= 0.6 is 11.3 Å². The number of aliphatic hydroxyl groups excluding tert-OH is 1. The number of carbonyl (C=O) groups excluding carboxylic acids is 2. The van der Waals surface area contributed by atoms with E-state index in [9.17, 15) is 14.7 Å². The molecule has 35 heavy (non-hydrogen) atoms. The molecule has 1 N–H and O–H groups in total. The first-order valence-corrected chi connectivity index (χ1v) is 11.9. The SMILES string of the molecule is CCOc1ccc(/C(O)=C2\C(=O)C(=O)N(c3nc4ccc(OC)cc4s3)[C@@H]2c2ccccc2)cc1. The van der Waals surface area contributed by atoms with E-state index in [-0.39, 0.29) is 11.3 Å². The number of thiazole rings is 1. The van der Waals surface area contributed by atoms with Crippen molar-refractivity contribution >= 4 is 44.1 Å². The Kier molecular flexibility index (Phi) is 5.96. The molecular weight excluding hydrogens is 464 g/mol. The minimum absolute atomic E-state index is 0.0159. The van der Waals surface area contributed by atoms with Crippen LogP contribution in [0.1, 0.15) is 24.1 Å². The lowest BCUT2D eigenvalue weighted by molar-refractivity contribution is -0.132. The molecule has 8 heteroatoms. The first-order chi connectivity index (χ1) is 17.0. The Bertz CT molecular complexity index is 1440. The van der Waals surface area contributed by atoms with Gasteiger partial charge in [-0.15, -0.1) is 0 Å². The maximum absolute atomic E-state index is 13.3. The van der Waals surface area contributed by atoms with Gasteiger partial charge in [0.15, 0.2) is 5.13 Å². The highest BCUT2D eigenvalue weighted by Gasteiger charge is 2.48. The third-order valence-corrected chi connectivity index (χ3v) is 6.81. The van der Waals surface area contributed by atoms with E-state index in [1.54, 1.807) is 37.4 Å². The lowest BCUT2D eigenvalue weighted by Crippen LogP contribution is -2.29. The Balaban J connectivity index is 1.66. The van der Waals surface area contributed by atoms with Gasteiger partial charge in [0.2, 0.25) is 0 Å². The fourth-order valence-corrected chi connectivity index (χ4v) is 5.16. The predicted octanol–water partition coefficient (Wildman–Crippen LogP) is 5.33. The smallest absolute Gasteiger partial charge is 0.301 e. The fraction of sp³-hybridized carbons (Fsp3) is 0.148. The van der Waals surface area contributed by atoms with Crippen molar-refractivity contribution in [3.63, 3.8) is 0 Å². The van der Waals surface area contributed by atoms with E-state index in [4.69, 9.17) is 9.47 Å². The number of aromatic nitrogens is 1. The molecular formula is C27H22N2O5S. The third-order valence-electron chi connectivity index (χ3n) is 5.79. The Labute approximate surface area is 205 Å². The number of amides is 1. The summed E-state index contributed by atoms with van der Waals surface area (Å²) in [5.41, 5.74) is 1.81. The molecule has 4 aromatic rings. The second kappa shape index (κ2) is 9.23. The fourth-order valence-electron chi connectivity index (χ4n) is 4.13. The molecule has 1 aromatic heterocycles. The zero-order valence-corrected chi connectivity index (χ0v) is 19.9. The number of hydrogen-bond donors (Lipinski definition) is 1. The van der Waals surface area contributed by atoms with Crippen LogP contribution in [-0.2, 0) is 9.59 Å². The lowest BCUT2D eigenvalue weighted by atomic mass is 9.95. The molecule has 176 valence electrons. The quantitative estimate of drug-likeness (QED) is 0.225. The van der Waals surface area contributed by atoms with Crippen LogP contribution in [0, 0.1) is 0 Å². The first-order valence-electron chi connectivity index (χ1n) is 11.1. The van der Waals surface area contributed by atoms with Gasteiger partial charge in [-0.2, -0.15) is 0 Å². The normalized spacial score (nSPS) is 17.2. The summed E-state index contributed by atoms with van der Waals surface area (Å²) < 4.78 is 11.6. The molecule has 1 atom stereocenters. The highest BCUT2D eigenvalue weighted by atomic mass is 32.1. The van der Waals surface area contributed by atoms with Gasteiger partial charge in [0.1, 0.15) is 17.3 Å². The summed E-state index contributed by atoms with van der Waals surface area (Å²) in [6.45, 7) is 2.39. The molecule has 1 fully saturated rings. The number of aliphatic hydroxyl groups is 1. The van der Waals surface area contributed by atoms with E-state index < -0.39 is 17.7 Å². The minimum Gasteiger partial charge on any atom is -0.507 e. The van der Waals surface area contributed by atoms with Crippen molar-refractivity contribution in [1.82, 2.24) is 4.98 Å². The molecule has 2 heterocycles. The molecule has 0 bridgehead atoms. The Morgan fingerprint density at radius 3 is 2.43 bits per heavy atom. The van der Waals surface area contributed by atoms with E-state index in [0.29, 0.717) is 39.9 Å². The van der Waals surface area contributed by atoms with Crippen molar-refractivity contribution in [2.75, 3.05) is 18.6 Å². The second-order valence-electron chi connectivity index (χ2n) is 7.87. The van der Waals surface area contributed by atoms with E-state index >= 15 is 0 Å². The van der Waals surface area contributed by atoms with Crippen LogP contribution in [0.5, 0.6) is 11.5 Å². The number of nitrogens with zero attached hydrogens (tertiary/aromatic N) is 2. The van der Waals surface area contributed by atoms with Crippen molar-refractivity contribution in [2.45, 2.75) is 13.0 Å². The van der Waals surface area contributed by atoms with Crippen molar-refractivity contribution in [3.8, 4) is 11.5 Å². The number of ether oxygens (including phenoxy) is 2. The minimum atomic E-state index is -0.828. The van der Waals surface area contributed by atoms with Gasteiger partial charge in [0.25, 0.3) is 5.78 Å². The average Bonchev–Trinajstić information content (AvgIpc) is 3.42. The number of hydrogen-bond acceptors (Lipinski definition) is 7. The molecule has 1 amide bonds. The van der Waals surface area contributed by atoms with Gasteiger partial charge < -0.3 is 14.6 Å². The molecule has 0 radical (unpaired) electrons. The maximum atomic E-state index is 13.3. The van der Waals surface area contributed by atoms with Gasteiger partial charge in [-0.1, -0.05) is 41.7 Å². The number of rotatable bonds is 6. The lowest BCUT2D eigenvalue weighted by Gasteiger charge is -2.22. The monoisotopic (exact) mass is 486 g/mol. The number of carbonyl (C=O) groups is 2. The van der Waals surface area contributed by atoms with Gasteiger partial charge >= 0.3 is 5.91 Å². The van der Waals surface area contributed by atoms with Crippen LogP contribution in [0.3, 0.4) is 0 Å². The number of benzene rings is 3. The number of ketones is 1. The van der Waals surface area contributed by atoms with Gasteiger partial charge in [0, 0.05) is 5.56 Å². The molecule has 3 aromatic carbocycles.